The van der Waals surface area contributed by atoms with Crippen molar-refractivity contribution < 1.29 is 4.74 Å². The molecule has 0 aliphatic carbocycles. The molecule has 0 aliphatic heterocycles. The van der Waals surface area contributed by atoms with Crippen LogP contribution in [0, 0.1) is 6.92 Å². The molecule has 0 saturated carbocycles. The minimum Gasteiger partial charge on any atom is -0.378 e. The van der Waals surface area contributed by atoms with Crippen LogP contribution in [0.1, 0.15) is 5.82 Å². The number of nitrogen functional groups attached to an aromatic ring is 1. The van der Waals surface area contributed by atoms with Crippen LogP contribution in [0.25, 0.3) is 0 Å². The first-order valence-corrected chi connectivity index (χ1v) is 5.90. The average molecular weight is 254 g/mol. The van der Waals surface area contributed by atoms with Crippen molar-refractivity contribution >= 4 is 11.6 Å². The Morgan fingerprint density at radius 3 is 2.67 bits per heavy atom. The molecule has 0 unspecified atom stereocenters. The molecule has 4 N–H and O–H groups in total. The van der Waals surface area contributed by atoms with Gasteiger partial charge in [0, 0.05) is 19.2 Å². The van der Waals surface area contributed by atoms with E-state index < -0.39 is 0 Å². The fraction of sp³-hybridized carbons (Fsp3) is 0.636. The van der Waals surface area contributed by atoms with Crippen LogP contribution in [0.5, 0.6) is 0 Å². The van der Waals surface area contributed by atoms with E-state index in [-0.39, 0.29) is 0 Å². The summed E-state index contributed by atoms with van der Waals surface area (Å²) in [7, 11) is 4.04. The Morgan fingerprint density at radius 1 is 1.28 bits per heavy atom. The molecule has 7 heteroatoms. The Labute approximate surface area is 108 Å². The van der Waals surface area contributed by atoms with Gasteiger partial charge in [0.15, 0.2) is 0 Å². The third kappa shape index (κ3) is 5.76. The second-order valence-electron chi connectivity index (χ2n) is 4.17. The smallest absolute Gasteiger partial charge is 0.145 e. The number of hydrogen-bond acceptors (Lipinski definition) is 7. The van der Waals surface area contributed by atoms with Gasteiger partial charge in [-0.15, -0.1) is 0 Å². The zero-order valence-electron chi connectivity index (χ0n) is 11.2. The number of aryl methyl sites for hydroxylation is 1. The maximum atomic E-state index is 5.47. The molecule has 0 spiro atoms. The Hall–Kier alpha value is -1.44. The van der Waals surface area contributed by atoms with Crippen molar-refractivity contribution in [2.45, 2.75) is 6.92 Å². The zero-order valence-corrected chi connectivity index (χ0v) is 11.2. The molecule has 1 aromatic rings. The summed E-state index contributed by atoms with van der Waals surface area (Å²) >= 11 is 0. The van der Waals surface area contributed by atoms with Crippen LogP contribution in [-0.2, 0) is 4.74 Å². The fourth-order valence-electron chi connectivity index (χ4n) is 1.33. The van der Waals surface area contributed by atoms with Gasteiger partial charge in [-0.05, 0) is 21.0 Å². The minimum atomic E-state index is 0.596. The summed E-state index contributed by atoms with van der Waals surface area (Å²) in [4.78, 5) is 10.4. The largest absolute Gasteiger partial charge is 0.378 e. The summed E-state index contributed by atoms with van der Waals surface area (Å²) in [6, 6.07) is 1.76. The van der Waals surface area contributed by atoms with Gasteiger partial charge in [0.1, 0.15) is 17.5 Å². The van der Waals surface area contributed by atoms with Gasteiger partial charge in [-0.25, -0.2) is 15.8 Å². The number of anilines is 2. The molecule has 0 aliphatic rings. The molecule has 0 bridgehead atoms. The van der Waals surface area contributed by atoms with Gasteiger partial charge in [-0.3, -0.25) is 0 Å². The van der Waals surface area contributed by atoms with Crippen LogP contribution in [0.15, 0.2) is 6.07 Å². The Kier molecular flexibility index (Phi) is 6.34. The standard InChI is InChI=1S/C11H22N6O/c1-9-14-10(8-11(15-9)16-12)13-4-6-18-7-5-17(2)3/h8H,4-7,12H2,1-3H3,(H2,13,14,15,16). The average Bonchev–Trinajstić information content (AvgIpc) is 2.32. The molecule has 0 radical (unpaired) electrons. The van der Waals surface area contributed by atoms with E-state index in [1.165, 1.54) is 0 Å². The highest BCUT2D eigenvalue weighted by molar-refractivity contribution is 5.46. The molecule has 1 heterocycles. The third-order valence-corrected chi connectivity index (χ3v) is 2.22. The molecule has 18 heavy (non-hydrogen) atoms. The van der Waals surface area contributed by atoms with Crippen LogP contribution in [0.3, 0.4) is 0 Å². The van der Waals surface area contributed by atoms with Crippen molar-refractivity contribution in [3.63, 3.8) is 0 Å². The van der Waals surface area contributed by atoms with Gasteiger partial charge in [0.05, 0.1) is 13.2 Å². The minimum absolute atomic E-state index is 0.596. The third-order valence-electron chi connectivity index (χ3n) is 2.22. The molecule has 7 nitrogen and oxygen atoms in total. The SMILES string of the molecule is Cc1nc(NN)cc(NCCOCCN(C)C)n1. The summed E-state index contributed by atoms with van der Waals surface area (Å²) in [6.07, 6.45) is 0. The molecule has 0 fully saturated rings. The second kappa shape index (κ2) is 7.80. The molecule has 0 amide bonds. The van der Waals surface area contributed by atoms with E-state index in [0.717, 1.165) is 19.0 Å². The van der Waals surface area contributed by atoms with E-state index in [9.17, 15) is 0 Å². The summed E-state index contributed by atoms with van der Waals surface area (Å²) in [6.45, 7) is 4.82. The lowest BCUT2D eigenvalue weighted by Gasteiger charge is -2.11. The number of rotatable bonds is 8. The highest BCUT2D eigenvalue weighted by atomic mass is 16.5. The lowest BCUT2D eigenvalue weighted by atomic mass is 10.5. The second-order valence-corrected chi connectivity index (χ2v) is 4.17. The molecule has 0 aromatic carbocycles. The Bertz CT molecular complexity index is 357. The van der Waals surface area contributed by atoms with E-state index in [1.54, 1.807) is 6.07 Å². The van der Waals surface area contributed by atoms with E-state index in [2.05, 4.69) is 25.6 Å². The van der Waals surface area contributed by atoms with Crippen molar-refractivity contribution in [1.82, 2.24) is 14.9 Å². The monoisotopic (exact) mass is 254 g/mol. The van der Waals surface area contributed by atoms with Crippen molar-refractivity contribution in [2.75, 3.05) is 51.1 Å². The molecule has 0 atom stereocenters. The maximum absolute atomic E-state index is 5.47. The molecule has 0 saturated heterocycles. The number of nitrogens with zero attached hydrogens (tertiary/aromatic N) is 3. The van der Waals surface area contributed by atoms with Crippen LogP contribution < -0.4 is 16.6 Å². The molecular formula is C11H22N6O. The number of aromatic nitrogens is 2. The predicted octanol–water partition coefficient (Wildman–Crippen LogP) is 0.0607. The number of likely N-dealkylation sites (N-methyl/N-ethyl adjacent to an activating group) is 1. The Balaban J connectivity index is 2.24. The van der Waals surface area contributed by atoms with Crippen LogP contribution in [-0.4, -0.2) is 55.3 Å². The van der Waals surface area contributed by atoms with Crippen LogP contribution >= 0.6 is 0 Å². The van der Waals surface area contributed by atoms with E-state index >= 15 is 0 Å². The fourth-order valence-corrected chi connectivity index (χ4v) is 1.33. The molecule has 1 rings (SSSR count). The molecular weight excluding hydrogens is 232 g/mol. The summed E-state index contributed by atoms with van der Waals surface area (Å²) in [5.74, 6) is 7.32. The van der Waals surface area contributed by atoms with Crippen molar-refractivity contribution in [2.24, 2.45) is 5.84 Å². The van der Waals surface area contributed by atoms with Gasteiger partial charge in [-0.2, -0.15) is 0 Å². The van der Waals surface area contributed by atoms with Gasteiger partial charge in [0.2, 0.25) is 0 Å². The highest BCUT2D eigenvalue weighted by Crippen LogP contribution is 2.09. The van der Waals surface area contributed by atoms with Gasteiger partial charge in [-0.1, -0.05) is 0 Å². The normalized spacial score (nSPS) is 10.7. The number of hydrogen-bond donors (Lipinski definition) is 3. The van der Waals surface area contributed by atoms with Crippen LogP contribution in [0.2, 0.25) is 0 Å². The first-order chi connectivity index (χ1) is 8.61. The van der Waals surface area contributed by atoms with Crippen molar-refractivity contribution in [1.29, 1.82) is 0 Å². The number of hydrazine groups is 1. The van der Waals surface area contributed by atoms with Crippen LogP contribution in [0.4, 0.5) is 11.6 Å². The lowest BCUT2D eigenvalue weighted by molar-refractivity contribution is 0.126. The van der Waals surface area contributed by atoms with Gasteiger partial charge >= 0.3 is 0 Å². The summed E-state index contributed by atoms with van der Waals surface area (Å²) in [5.41, 5.74) is 2.50. The summed E-state index contributed by atoms with van der Waals surface area (Å²) in [5, 5.41) is 3.16. The van der Waals surface area contributed by atoms with Crippen molar-refractivity contribution in [3.05, 3.63) is 11.9 Å². The molecule has 1 aromatic heterocycles. The van der Waals surface area contributed by atoms with Crippen molar-refractivity contribution in [3.8, 4) is 0 Å². The van der Waals surface area contributed by atoms with E-state index in [0.29, 0.717) is 24.8 Å². The predicted molar refractivity (Wildman–Crippen MR) is 72.4 cm³/mol. The first-order valence-electron chi connectivity index (χ1n) is 5.90. The topological polar surface area (TPSA) is 88.3 Å². The number of nitrogens with two attached hydrogens (primary N) is 1. The van der Waals surface area contributed by atoms with Gasteiger partial charge in [0.25, 0.3) is 0 Å². The zero-order chi connectivity index (χ0) is 13.4. The Morgan fingerprint density at radius 2 is 2.00 bits per heavy atom. The maximum Gasteiger partial charge on any atom is 0.145 e. The number of ether oxygens (including phenoxy) is 1. The van der Waals surface area contributed by atoms with E-state index in [1.807, 2.05) is 21.0 Å². The number of nitrogens with one attached hydrogen (secondary N) is 2. The quantitative estimate of drug-likeness (QED) is 0.343. The lowest BCUT2D eigenvalue weighted by Crippen LogP contribution is -2.20. The summed E-state index contributed by atoms with van der Waals surface area (Å²) < 4.78 is 5.47. The highest BCUT2D eigenvalue weighted by Gasteiger charge is 2.00. The first kappa shape index (κ1) is 14.6. The van der Waals surface area contributed by atoms with E-state index in [4.69, 9.17) is 10.6 Å². The van der Waals surface area contributed by atoms with Gasteiger partial charge < -0.3 is 20.4 Å². The molecule has 102 valence electrons.